The van der Waals surface area contributed by atoms with E-state index in [9.17, 15) is 4.79 Å². The minimum absolute atomic E-state index is 0.115. The van der Waals surface area contributed by atoms with Crippen LogP contribution in [0.3, 0.4) is 0 Å². The zero-order valence-corrected chi connectivity index (χ0v) is 8.31. The van der Waals surface area contributed by atoms with Crippen molar-refractivity contribution in [1.82, 2.24) is 0 Å². The van der Waals surface area contributed by atoms with E-state index in [1.807, 2.05) is 36.4 Å². The van der Waals surface area contributed by atoms with Crippen LogP contribution in [0.4, 0.5) is 0 Å². The second-order valence-electron chi connectivity index (χ2n) is 3.97. The van der Waals surface area contributed by atoms with Gasteiger partial charge < -0.3 is 0 Å². The Hall–Kier alpha value is -1.37. The van der Waals surface area contributed by atoms with Gasteiger partial charge in [0.2, 0.25) is 0 Å². The van der Waals surface area contributed by atoms with Gasteiger partial charge in [-0.3, -0.25) is 4.79 Å². The molecule has 0 radical (unpaired) electrons. The Morgan fingerprint density at radius 3 is 2.57 bits per heavy atom. The van der Waals surface area contributed by atoms with Crippen LogP contribution in [0.2, 0.25) is 0 Å². The van der Waals surface area contributed by atoms with Gasteiger partial charge in [-0.2, -0.15) is 0 Å². The molecule has 0 amide bonds. The fraction of sp³-hybridized carbons (Fsp3) is 0.308. The lowest BCUT2D eigenvalue weighted by Gasteiger charge is -1.93. The van der Waals surface area contributed by atoms with E-state index in [1.54, 1.807) is 6.08 Å². The quantitative estimate of drug-likeness (QED) is 0.523. The molecule has 1 heteroatoms. The van der Waals surface area contributed by atoms with Gasteiger partial charge in [0.1, 0.15) is 0 Å². The molecule has 1 aliphatic rings. The van der Waals surface area contributed by atoms with Gasteiger partial charge in [0, 0.05) is 5.56 Å². The molecular formula is C13H14O. The van der Waals surface area contributed by atoms with Crippen molar-refractivity contribution in [2.24, 2.45) is 11.8 Å². The van der Waals surface area contributed by atoms with Crippen molar-refractivity contribution in [3.63, 3.8) is 0 Å². The molecule has 1 unspecified atom stereocenters. The summed E-state index contributed by atoms with van der Waals surface area (Å²) in [4.78, 5) is 11.6. The van der Waals surface area contributed by atoms with Gasteiger partial charge in [0.05, 0.1) is 0 Å². The molecule has 0 N–H and O–H groups in total. The smallest absolute Gasteiger partial charge is 0.185 e. The van der Waals surface area contributed by atoms with Crippen molar-refractivity contribution in [3.8, 4) is 0 Å². The molecule has 1 aromatic rings. The molecule has 1 aliphatic carbocycles. The summed E-state index contributed by atoms with van der Waals surface area (Å²) in [5, 5.41) is 0. The number of ketones is 1. The summed E-state index contributed by atoms with van der Waals surface area (Å²) < 4.78 is 0. The van der Waals surface area contributed by atoms with Crippen LogP contribution in [0.5, 0.6) is 0 Å². The molecule has 0 aromatic heterocycles. The first-order chi connectivity index (χ1) is 6.77. The Balaban J connectivity index is 1.99. The van der Waals surface area contributed by atoms with Gasteiger partial charge >= 0.3 is 0 Å². The summed E-state index contributed by atoms with van der Waals surface area (Å²) in [6, 6.07) is 9.40. The van der Waals surface area contributed by atoms with Gasteiger partial charge in [-0.15, -0.1) is 0 Å². The molecule has 2 rings (SSSR count). The standard InChI is InChI=1S/C13H14O/c1-10-9-12(10)7-8-13(14)11-5-3-2-4-6-11/h2-8,10,12H,9H2,1H3/b8-7+/t10-,12?/m0/s1. The Morgan fingerprint density at radius 2 is 2.00 bits per heavy atom. The summed E-state index contributed by atoms with van der Waals surface area (Å²) in [7, 11) is 0. The van der Waals surface area contributed by atoms with E-state index in [4.69, 9.17) is 0 Å². The van der Waals surface area contributed by atoms with Crippen LogP contribution in [0.25, 0.3) is 0 Å². The van der Waals surface area contributed by atoms with E-state index < -0.39 is 0 Å². The van der Waals surface area contributed by atoms with Crippen molar-refractivity contribution in [2.75, 3.05) is 0 Å². The third-order valence-corrected chi connectivity index (χ3v) is 2.72. The fourth-order valence-electron chi connectivity index (χ4n) is 1.53. The van der Waals surface area contributed by atoms with Crippen molar-refractivity contribution in [1.29, 1.82) is 0 Å². The maximum atomic E-state index is 11.6. The monoisotopic (exact) mass is 186 g/mol. The lowest BCUT2D eigenvalue weighted by molar-refractivity contribution is 0.104. The third-order valence-electron chi connectivity index (χ3n) is 2.72. The largest absolute Gasteiger partial charge is 0.289 e. The first-order valence-corrected chi connectivity index (χ1v) is 5.05. The van der Waals surface area contributed by atoms with E-state index >= 15 is 0 Å². The van der Waals surface area contributed by atoms with Crippen molar-refractivity contribution >= 4 is 5.78 Å². The molecular weight excluding hydrogens is 172 g/mol. The summed E-state index contributed by atoms with van der Waals surface area (Å²) in [6.45, 7) is 2.21. The minimum Gasteiger partial charge on any atom is -0.289 e. The summed E-state index contributed by atoms with van der Waals surface area (Å²) in [6.07, 6.45) is 4.99. The molecule has 14 heavy (non-hydrogen) atoms. The first kappa shape index (κ1) is 9.20. The van der Waals surface area contributed by atoms with Crippen LogP contribution in [0.15, 0.2) is 42.5 Å². The summed E-state index contributed by atoms with van der Waals surface area (Å²) in [5.41, 5.74) is 0.775. The highest BCUT2D eigenvalue weighted by Gasteiger charge is 2.29. The highest BCUT2D eigenvalue weighted by Crippen LogP contribution is 2.38. The van der Waals surface area contributed by atoms with Crippen LogP contribution >= 0.6 is 0 Å². The molecule has 1 saturated carbocycles. The molecule has 72 valence electrons. The second kappa shape index (κ2) is 3.79. The van der Waals surface area contributed by atoms with Crippen molar-refractivity contribution in [3.05, 3.63) is 48.0 Å². The van der Waals surface area contributed by atoms with Crippen LogP contribution in [-0.4, -0.2) is 5.78 Å². The molecule has 0 aliphatic heterocycles. The predicted octanol–water partition coefficient (Wildman–Crippen LogP) is 3.08. The van der Waals surface area contributed by atoms with Crippen LogP contribution < -0.4 is 0 Å². The fourth-order valence-corrected chi connectivity index (χ4v) is 1.53. The number of benzene rings is 1. The van der Waals surface area contributed by atoms with Gasteiger partial charge in [0.15, 0.2) is 5.78 Å². The van der Waals surface area contributed by atoms with E-state index in [2.05, 4.69) is 6.92 Å². The number of hydrogen-bond donors (Lipinski definition) is 0. The van der Waals surface area contributed by atoms with E-state index in [0.29, 0.717) is 5.92 Å². The maximum Gasteiger partial charge on any atom is 0.185 e. The van der Waals surface area contributed by atoms with Gasteiger partial charge in [-0.05, 0) is 24.3 Å². The maximum absolute atomic E-state index is 11.6. The van der Waals surface area contributed by atoms with Crippen LogP contribution in [0.1, 0.15) is 23.7 Å². The van der Waals surface area contributed by atoms with E-state index in [1.165, 1.54) is 6.42 Å². The van der Waals surface area contributed by atoms with Gasteiger partial charge in [-0.1, -0.05) is 43.3 Å². The highest BCUT2D eigenvalue weighted by molar-refractivity contribution is 6.04. The minimum atomic E-state index is 0.115. The van der Waals surface area contributed by atoms with Crippen LogP contribution in [-0.2, 0) is 0 Å². The molecule has 1 nitrogen and oxygen atoms in total. The molecule has 0 spiro atoms. The lowest BCUT2D eigenvalue weighted by atomic mass is 10.1. The number of hydrogen-bond acceptors (Lipinski definition) is 1. The lowest BCUT2D eigenvalue weighted by Crippen LogP contribution is -1.93. The number of carbonyl (C=O) groups excluding carboxylic acids is 1. The van der Waals surface area contributed by atoms with Crippen LogP contribution in [0, 0.1) is 11.8 Å². The molecule has 0 bridgehead atoms. The van der Waals surface area contributed by atoms with Gasteiger partial charge in [0.25, 0.3) is 0 Å². The van der Waals surface area contributed by atoms with E-state index in [0.717, 1.165) is 11.5 Å². The summed E-state index contributed by atoms with van der Waals surface area (Å²) in [5.74, 6) is 1.53. The number of carbonyl (C=O) groups is 1. The Labute approximate surface area is 84.5 Å². The SMILES string of the molecule is C[C@H]1CC1/C=C/C(=O)c1ccccc1. The van der Waals surface area contributed by atoms with Crippen molar-refractivity contribution in [2.45, 2.75) is 13.3 Å². The molecule has 2 atom stereocenters. The Kier molecular flexibility index (Phi) is 2.49. The highest BCUT2D eigenvalue weighted by atomic mass is 16.1. The van der Waals surface area contributed by atoms with Gasteiger partial charge in [-0.25, -0.2) is 0 Å². The molecule has 0 saturated heterocycles. The third kappa shape index (κ3) is 2.11. The first-order valence-electron chi connectivity index (χ1n) is 5.05. The summed E-state index contributed by atoms with van der Waals surface area (Å²) >= 11 is 0. The average molecular weight is 186 g/mol. The number of rotatable bonds is 3. The predicted molar refractivity (Wildman–Crippen MR) is 57.2 cm³/mol. The Morgan fingerprint density at radius 1 is 1.36 bits per heavy atom. The Bertz CT molecular complexity index is 351. The molecule has 1 fully saturated rings. The topological polar surface area (TPSA) is 17.1 Å². The average Bonchev–Trinajstić information content (AvgIpc) is 2.92. The van der Waals surface area contributed by atoms with Crippen molar-refractivity contribution < 1.29 is 4.79 Å². The zero-order chi connectivity index (χ0) is 9.97. The molecule has 0 heterocycles. The zero-order valence-electron chi connectivity index (χ0n) is 8.31. The van der Waals surface area contributed by atoms with E-state index in [-0.39, 0.29) is 5.78 Å². The number of allylic oxidation sites excluding steroid dienone is 2. The molecule has 1 aromatic carbocycles. The second-order valence-corrected chi connectivity index (χ2v) is 3.97. The normalized spacial score (nSPS) is 25.2.